The zero-order chi connectivity index (χ0) is 29.6. The minimum atomic E-state index is -3.54. The monoisotopic (exact) mass is 599 g/mol. The van der Waals surface area contributed by atoms with Gasteiger partial charge in [0, 0.05) is 57.4 Å². The number of nitrogens with zero attached hydrogens (tertiary/aromatic N) is 4. The number of nitrogens with one attached hydrogen (secondary N) is 1. The SMILES string of the molecule is CCOc1ccccc1CN1CCCN(C(C)=O)c2ccccc2CN(C(=O)c2sc(NS(C)(=O)=O)nc2C)CC1. The van der Waals surface area contributed by atoms with Crippen LogP contribution in [-0.2, 0) is 27.9 Å². The first kappa shape index (κ1) is 30.5. The Morgan fingerprint density at radius 1 is 1.05 bits per heavy atom. The van der Waals surface area contributed by atoms with Crippen LogP contribution >= 0.6 is 11.3 Å². The number of sulfonamides is 1. The molecule has 220 valence electrons. The van der Waals surface area contributed by atoms with Gasteiger partial charge in [-0.05, 0) is 38.0 Å². The normalized spacial score (nSPS) is 15.1. The summed E-state index contributed by atoms with van der Waals surface area (Å²) in [6.07, 6.45) is 1.81. The molecule has 10 nitrogen and oxygen atoms in total. The zero-order valence-electron chi connectivity index (χ0n) is 23.9. The maximum atomic E-state index is 14.0. The number of aromatic nitrogens is 1. The highest BCUT2D eigenvalue weighted by Gasteiger charge is 2.26. The van der Waals surface area contributed by atoms with Crippen LogP contribution in [0.15, 0.2) is 48.5 Å². The predicted molar refractivity (Wildman–Crippen MR) is 162 cm³/mol. The van der Waals surface area contributed by atoms with Crippen molar-refractivity contribution >= 4 is 44.0 Å². The van der Waals surface area contributed by atoms with Gasteiger partial charge in [0.2, 0.25) is 15.9 Å². The maximum absolute atomic E-state index is 14.0. The molecule has 1 N–H and O–H groups in total. The first-order chi connectivity index (χ1) is 19.6. The number of anilines is 2. The highest BCUT2D eigenvalue weighted by molar-refractivity contribution is 7.92. The lowest BCUT2D eigenvalue weighted by atomic mass is 10.1. The van der Waals surface area contributed by atoms with Crippen LogP contribution < -0.4 is 14.4 Å². The van der Waals surface area contributed by atoms with E-state index in [9.17, 15) is 18.0 Å². The molecule has 0 radical (unpaired) electrons. The summed E-state index contributed by atoms with van der Waals surface area (Å²) in [5.74, 6) is 0.540. The van der Waals surface area contributed by atoms with Crippen molar-refractivity contribution in [3.8, 4) is 5.75 Å². The van der Waals surface area contributed by atoms with E-state index in [4.69, 9.17) is 4.74 Å². The Labute approximate surface area is 246 Å². The molecule has 1 aromatic heterocycles. The summed E-state index contributed by atoms with van der Waals surface area (Å²) >= 11 is 1.02. The highest BCUT2D eigenvalue weighted by Crippen LogP contribution is 2.28. The predicted octanol–water partition coefficient (Wildman–Crippen LogP) is 4.12. The van der Waals surface area contributed by atoms with Crippen LogP contribution in [0.2, 0.25) is 0 Å². The highest BCUT2D eigenvalue weighted by atomic mass is 32.2. The minimum absolute atomic E-state index is 0.0578. The van der Waals surface area contributed by atoms with Gasteiger partial charge >= 0.3 is 0 Å². The molecule has 0 atom stereocenters. The van der Waals surface area contributed by atoms with E-state index >= 15 is 0 Å². The van der Waals surface area contributed by atoms with Crippen LogP contribution in [0.25, 0.3) is 0 Å². The molecule has 1 aliphatic rings. The van der Waals surface area contributed by atoms with E-state index in [1.807, 2.05) is 55.5 Å². The van der Waals surface area contributed by atoms with Crippen LogP contribution in [0.5, 0.6) is 5.75 Å². The van der Waals surface area contributed by atoms with Crippen molar-refractivity contribution in [2.24, 2.45) is 0 Å². The van der Waals surface area contributed by atoms with E-state index < -0.39 is 10.0 Å². The van der Waals surface area contributed by atoms with Crippen molar-refractivity contribution in [1.82, 2.24) is 14.8 Å². The first-order valence-corrected chi connectivity index (χ1v) is 16.3. The second kappa shape index (κ2) is 13.5. The van der Waals surface area contributed by atoms with Crippen LogP contribution in [0.1, 0.15) is 46.8 Å². The Morgan fingerprint density at radius 2 is 1.78 bits per heavy atom. The largest absolute Gasteiger partial charge is 0.494 e. The van der Waals surface area contributed by atoms with Gasteiger partial charge in [-0.1, -0.05) is 47.7 Å². The molecule has 2 amide bonds. The van der Waals surface area contributed by atoms with Gasteiger partial charge in [-0.25, -0.2) is 13.4 Å². The van der Waals surface area contributed by atoms with Crippen molar-refractivity contribution < 1.29 is 22.7 Å². The third kappa shape index (κ3) is 8.05. The zero-order valence-corrected chi connectivity index (χ0v) is 25.6. The number of carbonyl (C=O) groups excluding carboxylic acids is 2. The lowest BCUT2D eigenvalue weighted by molar-refractivity contribution is -0.116. The van der Waals surface area contributed by atoms with Gasteiger partial charge in [0.1, 0.15) is 10.6 Å². The van der Waals surface area contributed by atoms with Gasteiger partial charge in [0.05, 0.1) is 18.6 Å². The van der Waals surface area contributed by atoms with Gasteiger partial charge < -0.3 is 14.5 Å². The molecule has 4 rings (SSSR count). The fourth-order valence-corrected chi connectivity index (χ4v) is 6.68. The second-order valence-corrected chi connectivity index (χ2v) is 12.8. The van der Waals surface area contributed by atoms with Crippen molar-refractivity contribution in [2.45, 2.75) is 40.3 Å². The number of fused-ring (bicyclic) bond motifs is 1. The minimum Gasteiger partial charge on any atom is -0.494 e. The van der Waals surface area contributed by atoms with E-state index in [1.165, 1.54) is 0 Å². The van der Waals surface area contributed by atoms with Crippen LogP contribution in [0.3, 0.4) is 0 Å². The van der Waals surface area contributed by atoms with Crippen LogP contribution in [0, 0.1) is 6.92 Å². The number of amides is 2. The molecule has 0 saturated heterocycles. The van der Waals surface area contributed by atoms with E-state index in [1.54, 1.807) is 23.6 Å². The molecule has 2 heterocycles. The molecule has 0 unspecified atom stereocenters. The molecule has 0 fully saturated rings. The average Bonchev–Trinajstić information content (AvgIpc) is 3.25. The van der Waals surface area contributed by atoms with Crippen molar-refractivity contribution in [3.05, 3.63) is 70.2 Å². The third-order valence-corrected chi connectivity index (χ3v) is 8.54. The second-order valence-electron chi connectivity index (χ2n) is 10.0. The fourth-order valence-electron chi connectivity index (χ4n) is 4.91. The summed E-state index contributed by atoms with van der Waals surface area (Å²) in [5.41, 5.74) is 3.17. The van der Waals surface area contributed by atoms with Crippen molar-refractivity contribution in [1.29, 1.82) is 0 Å². The van der Waals surface area contributed by atoms with E-state index in [-0.39, 0.29) is 23.5 Å². The summed E-state index contributed by atoms with van der Waals surface area (Å²) in [7, 11) is -3.54. The molecule has 0 spiro atoms. The number of hydrogen-bond acceptors (Lipinski definition) is 8. The number of thiazole rings is 1. The molecule has 12 heteroatoms. The Bertz CT molecular complexity index is 1490. The summed E-state index contributed by atoms with van der Waals surface area (Å²) in [6.45, 7) is 9.00. The molecule has 2 aromatic carbocycles. The number of ether oxygens (including phenoxy) is 1. The van der Waals surface area contributed by atoms with Crippen molar-refractivity contribution in [3.63, 3.8) is 0 Å². The fraction of sp³-hybridized carbons (Fsp3) is 0.414. The van der Waals surface area contributed by atoms with Gasteiger partial charge in [0.15, 0.2) is 5.13 Å². The first-order valence-electron chi connectivity index (χ1n) is 13.6. The number of hydrogen-bond donors (Lipinski definition) is 1. The number of benzene rings is 2. The molecule has 0 bridgehead atoms. The lowest BCUT2D eigenvalue weighted by Gasteiger charge is -2.28. The van der Waals surface area contributed by atoms with Gasteiger partial charge in [0.25, 0.3) is 5.91 Å². The topological polar surface area (TPSA) is 112 Å². The number of rotatable bonds is 7. The van der Waals surface area contributed by atoms with Crippen LogP contribution in [-0.4, -0.2) is 74.1 Å². The van der Waals surface area contributed by atoms with Gasteiger partial charge in [-0.15, -0.1) is 0 Å². The van der Waals surface area contributed by atoms with Crippen LogP contribution in [0.4, 0.5) is 10.8 Å². The molecular formula is C29H37N5O5S2. The van der Waals surface area contributed by atoms with Gasteiger partial charge in [-0.2, -0.15) is 0 Å². The molecule has 41 heavy (non-hydrogen) atoms. The molecule has 3 aromatic rings. The third-order valence-electron chi connectivity index (χ3n) is 6.78. The Kier molecular flexibility index (Phi) is 10.0. The van der Waals surface area contributed by atoms with E-state index in [2.05, 4.69) is 14.6 Å². The summed E-state index contributed by atoms with van der Waals surface area (Å²) in [4.78, 5) is 37.2. The quantitative estimate of drug-likeness (QED) is 0.435. The number of carbonyl (C=O) groups is 2. The maximum Gasteiger partial charge on any atom is 0.266 e. The summed E-state index contributed by atoms with van der Waals surface area (Å²) < 4.78 is 31.8. The Balaban J connectivity index is 1.68. The molecule has 0 aliphatic carbocycles. The Morgan fingerprint density at radius 3 is 2.51 bits per heavy atom. The number of para-hydroxylation sites is 2. The van der Waals surface area contributed by atoms with Gasteiger partial charge in [-0.3, -0.25) is 19.2 Å². The van der Waals surface area contributed by atoms with Crippen molar-refractivity contribution in [2.75, 3.05) is 48.7 Å². The Hall–Kier alpha value is -3.48. The molecular weight excluding hydrogens is 562 g/mol. The summed E-state index contributed by atoms with van der Waals surface area (Å²) in [6, 6.07) is 15.6. The smallest absolute Gasteiger partial charge is 0.266 e. The molecule has 0 saturated carbocycles. The average molecular weight is 600 g/mol. The number of aryl methyl sites for hydroxylation is 1. The van der Waals surface area contributed by atoms with E-state index in [0.717, 1.165) is 53.1 Å². The lowest BCUT2D eigenvalue weighted by Crippen LogP contribution is -2.38. The standard InChI is InChI=1S/C29H37N5O5S2/c1-5-39-26-14-9-7-12-24(26)19-32-15-10-16-34(22(3)35)25-13-8-6-11-23(25)20-33(18-17-32)28(36)27-21(2)30-29(40-27)31-41(4,37)38/h6-9,11-14H,5,10,15-20H2,1-4H3,(H,30,31). The molecule has 1 aliphatic heterocycles. The van der Waals surface area contributed by atoms with E-state index in [0.29, 0.717) is 43.4 Å². The summed E-state index contributed by atoms with van der Waals surface area (Å²) in [5, 5.41) is 0.156.